The summed E-state index contributed by atoms with van der Waals surface area (Å²) < 4.78 is 5.65. The molecule has 2 rings (SSSR count). The summed E-state index contributed by atoms with van der Waals surface area (Å²) in [4.78, 5) is 12.6. The number of hydrogen-bond donors (Lipinski definition) is 0. The van der Waals surface area contributed by atoms with E-state index in [0.29, 0.717) is 23.3 Å². The van der Waals surface area contributed by atoms with Gasteiger partial charge in [0.25, 0.3) is 5.69 Å². The molecule has 1 heterocycles. The van der Waals surface area contributed by atoms with Crippen LogP contribution in [0.15, 0.2) is 18.2 Å². The van der Waals surface area contributed by atoms with Crippen LogP contribution < -0.4 is 4.74 Å². The zero-order valence-electron chi connectivity index (χ0n) is 10.8. The van der Waals surface area contributed by atoms with Gasteiger partial charge in [0.15, 0.2) is 0 Å². The van der Waals surface area contributed by atoms with Crippen LogP contribution >= 0.6 is 11.6 Å². The Morgan fingerprint density at radius 3 is 2.79 bits per heavy atom. The molecule has 1 saturated heterocycles. The fourth-order valence-electron chi connectivity index (χ4n) is 2.15. The van der Waals surface area contributed by atoms with Crippen molar-refractivity contribution in [2.45, 2.75) is 12.8 Å². The summed E-state index contributed by atoms with van der Waals surface area (Å²) in [5.74, 6) is 0.890. The molecule has 0 saturated carbocycles. The van der Waals surface area contributed by atoms with Gasteiger partial charge in [0.1, 0.15) is 5.75 Å². The molecule has 6 heteroatoms. The van der Waals surface area contributed by atoms with Gasteiger partial charge in [-0.25, -0.2) is 0 Å². The number of benzene rings is 1. The number of non-ortho nitro benzene ring substituents is 1. The van der Waals surface area contributed by atoms with Crippen molar-refractivity contribution in [3.63, 3.8) is 0 Å². The van der Waals surface area contributed by atoms with E-state index in [9.17, 15) is 10.1 Å². The van der Waals surface area contributed by atoms with Crippen molar-refractivity contribution >= 4 is 17.3 Å². The minimum atomic E-state index is -0.446. The number of nitro benzene ring substituents is 1. The number of nitro groups is 1. The third-order valence-corrected chi connectivity index (χ3v) is 3.75. The van der Waals surface area contributed by atoms with E-state index in [1.807, 2.05) is 0 Å². The van der Waals surface area contributed by atoms with E-state index in [-0.39, 0.29) is 5.69 Å². The lowest BCUT2D eigenvalue weighted by atomic mass is 9.98. The molecule has 0 aromatic heterocycles. The molecule has 0 N–H and O–H groups in total. The topological polar surface area (TPSA) is 55.6 Å². The average molecular weight is 285 g/mol. The number of likely N-dealkylation sites (tertiary alicyclic amines) is 1. The van der Waals surface area contributed by atoms with E-state index in [0.717, 1.165) is 25.9 Å². The molecule has 0 spiro atoms. The second-order valence-electron chi connectivity index (χ2n) is 4.93. The second kappa shape index (κ2) is 6.21. The van der Waals surface area contributed by atoms with Crippen LogP contribution in [0.4, 0.5) is 5.69 Å². The first-order valence-corrected chi connectivity index (χ1v) is 6.69. The van der Waals surface area contributed by atoms with Crippen molar-refractivity contribution in [2.24, 2.45) is 5.92 Å². The van der Waals surface area contributed by atoms with Gasteiger partial charge >= 0.3 is 0 Å². The predicted octanol–water partition coefficient (Wildman–Crippen LogP) is 2.97. The van der Waals surface area contributed by atoms with Gasteiger partial charge < -0.3 is 9.64 Å². The molecule has 1 aromatic rings. The Morgan fingerprint density at radius 2 is 2.16 bits per heavy atom. The van der Waals surface area contributed by atoms with Crippen LogP contribution in [0.1, 0.15) is 12.8 Å². The lowest BCUT2D eigenvalue weighted by Gasteiger charge is -2.28. The van der Waals surface area contributed by atoms with Crippen LogP contribution in [0.3, 0.4) is 0 Å². The maximum Gasteiger partial charge on any atom is 0.273 e. The fourth-order valence-corrected chi connectivity index (χ4v) is 2.32. The first kappa shape index (κ1) is 14.1. The number of nitrogens with zero attached hydrogens (tertiary/aromatic N) is 2. The molecule has 0 unspecified atom stereocenters. The molecule has 1 aliphatic rings. The highest BCUT2D eigenvalue weighted by Crippen LogP contribution is 2.30. The zero-order chi connectivity index (χ0) is 13.8. The number of hydrogen-bond acceptors (Lipinski definition) is 4. The van der Waals surface area contributed by atoms with Crippen LogP contribution in [-0.4, -0.2) is 36.6 Å². The average Bonchev–Trinajstić information content (AvgIpc) is 2.39. The van der Waals surface area contributed by atoms with E-state index in [2.05, 4.69) is 11.9 Å². The number of ether oxygens (including phenoxy) is 1. The Hall–Kier alpha value is -1.33. The highest BCUT2D eigenvalue weighted by molar-refractivity contribution is 6.32. The molecule has 104 valence electrons. The van der Waals surface area contributed by atoms with E-state index < -0.39 is 4.92 Å². The van der Waals surface area contributed by atoms with Crippen molar-refractivity contribution in [1.82, 2.24) is 4.90 Å². The number of halogens is 1. The van der Waals surface area contributed by atoms with Gasteiger partial charge in [0, 0.05) is 6.07 Å². The molecule has 5 nitrogen and oxygen atoms in total. The zero-order valence-corrected chi connectivity index (χ0v) is 11.6. The molecular weight excluding hydrogens is 268 g/mol. The van der Waals surface area contributed by atoms with Gasteiger partial charge in [-0.05, 0) is 45.0 Å². The van der Waals surface area contributed by atoms with E-state index >= 15 is 0 Å². The Labute approximate surface area is 117 Å². The lowest BCUT2D eigenvalue weighted by molar-refractivity contribution is -0.384. The molecule has 0 atom stereocenters. The summed E-state index contributed by atoms with van der Waals surface area (Å²) in [7, 11) is 2.11. The SMILES string of the molecule is CN1CCC(COc2cc([N+](=O)[O-])ccc2Cl)CC1. The Morgan fingerprint density at radius 1 is 1.47 bits per heavy atom. The van der Waals surface area contributed by atoms with Gasteiger partial charge in [-0.2, -0.15) is 0 Å². The summed E-state index contributed by atoms with van der Waals surface area (Å²) in [6, 6.07) is 4.27. The normalized spacial score (nSPS) is 17.4. The molecule has 19 heavy (non-hydrogen) atoms. The molecule has 0 radical (unpaired) electrons. The fraction of sp³-hybridized carbons (Fsp3) is 0.538. The standard InChI is InChI=1S/C13H17ClN2O3/c1-15-6-4-10(5-7-15)9-19-13-8-11(16(17)18)2-3-12(13)14/h2-3,8,10H,4-7,9H2,1H3. The number of piperidine rings is 1. The van der Waals surface area contributed by atoms with Gasteiger partial charge in [0.05, 0.1) is 22.6 Å². The summed E-state index contributed by atoms with van der Waals surface area (Å²) >= 11 is 5.99. The predicted molar refractivity (Wildman–Crippen MR) is 73.8 cm³/mol. The van der Waals surface area contributed by atoms with Gasteiger partial charge in [-0.3, -0.25) is 10.1 Å². The molecule has 1 aromatic carbocycles. The van der Waals surface area contributed by atoms with Gasteiger partial charge in [0.2, 0.25) is 0 Å². The van der Waals surface area contributed by atoms with Gasteiger partial charge in [-0.15, -0.1) is 0 Å². The highest BCUT2D eigenvalue weighted by Gasteiger charge is 2.18. The smallest absolute Gasteiger partial charge is 0.273 e. The first-order chi connectivity index (χ1) is 9.06. The highest BCUT2D eigenvalue weighted by atomic mass is 35.5. The largest absolute Gasteiger partial charge is 0.491 e. The van der Waals surface area contributed by atoms with Crippen molar-refractivity contribution < 1.29 is 9.66 Å². The molecular formula is C13H17ClN2O3. The minimum Gasteiger partial charge on any atom is -0.491 e. The summed E-state index contributed by atoms with van der Waals surface area (Å²) in [5.41, 5.74) is 0.00257. The molecule has 0 amide bonds. The molecule has 1 aliphatic heterocycles. The van der Waals surface area contributed by atoms with Gasteiger partial charge in [-0.1, -0.05) is 11.6 Å². The maximum absolute atomic E-state index is 10.7. The van der Waals surface area contributed by atoms with Crippen LogP contribution in [0, 0.1) is 16.0 Å². The number of rotatable bonds is 4. The maximum atomic E-state index is 10.7. The molecule has 0 bridgehead atoms. The van der Waals surface area contributed by atoms with E-state index in [1.54, 1.807) is 0 Å². The Balaban J connectivity index is 1.95. The first-order valence-electron chi connectivity index (χ1n) is 6.31. The monoisotopic (exact) mass is 284 g/mol. The third kappa shape index (κ3) is 3.81. The van der Waals surface area contributed by atoms with Crippen LogP contribution in [-0.2, 0) is 0 Å². The second-order valence-corrected chi connectivity index (χ2v) is 5.34. The van der Waals surface area contributed by atoms with E-state index in [4.69, 9.17) is 16.3 Å². The van der Waals surface area contributed by atoms with Crippen molar-refractivity contribution in [2.75, 3.05) is 26.7 Å². The van der Waals surface area contributed by atoms with Crippen molar-refractivity contribution in [3.8, 4) is 5.75 Å². The van der Waals surface area contributed by atoms with Crippen molar-refractivity contribution in [1.29, 1.82) is 0 Å². The Kier molecular flexibility index (Phi) is 4.61. The van der Waals surface area contributed by atoms with Crippen molar-refractivity contribution in [3.05, 3.63) is 33.3 Å². The minimum absolute atomic E-state index is 0.00257. The summed E-state index contributed by atoms with van der Waals surface area (Å²) in [6.45, 7) is 2.70. The van der Waals surface area contributed by atoms with Crippen LogP contribution in [0.2, 0.25) is 5.02 Å². The lowest BCUT2D eigenvalue weighted by Crippen LogP contribution is -2.32. The molecule has 1 fully saturated rings. The quantitative estimate of drug-likeness (QED) is 0.630. The van der Waals surface area contributed by atoms with Crippen LogP contribution in [0.5, 0.6) is 5.75 Å². The third-order valence-electron chi connectivity index (χ3n) is 3.44. The molecule has 0 aliphatic carbocycles. The Bertz CT molecular complexity index is 459. The van der Waals surface area contributed by atoms with Crippen LogP contribution in [0.25, 0.3) is 0 Å². The van der Waals surface area contributed by atoms with E-state index in [1.165, 1.54) is 18.2 Å². The summed E-state index contributed by atoms with van der Waals surface area (Å²) in [5, 5.41) is 11.1. The summed E-state index contributed by atoms with van der Waals surface area (Å²) in [6.07, 6.45) is 2.17.